The lowest BCUT2D eigenvalue weighted by molar-refractivity contribution is 0.313. The Morgan fingerprint density at radius 3 is 3.00 bits per heavy atom. The van der Waals surface area contributed by atoms with Crippen molar-refractivity contribution in [2.24, 2.45) is 0 Å². The second-order valence-electron chi connectivity index (χ2n) is 4.02. The Bertz CT molecular complexity index is 484. The van der Waals surface area contributed by atoms with E-state index >= 15 is 0 Å². The first-order chi connectivity index (χ1) is 7.86. The monoisotopic (exact) mass is 234 g/mol. The van der Waals surface area contributed by atoms with Gasteiger partial charge in [-0.3, -0.25) is 0 Å². The van der Waals surface area contributed by atoms with Gasteiger partial charge in [-0.2, -0.15) is 0 Å². The van der Waals surface area contributed by atoms with Crippen molar-refractivity contribution in [3.8, 4) is 10.6 Å². The normalized spacial score (nSPS) is 16.3. The Labute approximate surface area is 98.3 Å². The summed E-state index contributed by atoms with van der Waals surface area (Å²) in [6.45, 7) is 4.19. The van der Waals surface area contributed by atoms with Crippen molar-refractivity contribution in [2.45, 2.75) is 19.4 Å². The molecule has 3 rings (SSSR count). The Morgan fingerprint density at radius 1 is 1.50 bits per heavy atom. The number of rotatable bonds is 3. The molecule has 1 N–H and O–H groups in total. The lowest BCUT2D eigenvalue weighted by Gasteiger charge is -2.26. The van der Waals surface area contributed by atoms with Crippen LogP contribution in [0.2, 0.25) is 0 Å². The van der Waals surface area contributed by atoms with Gasteiger partial charge in [0.1, 0.15) is 5.69 Å². The first-order valence-electron chi connectivity index (χ1n) is 5.58. The molecule has 84 valence electrons. The van der Waals surface area contributed by atoms with Gasteiger partial charge in [-0.05, 0) is 18.6 Å². The van der Waals surface area contributed by atoms with Crippen LogP contribution in [0.5, 0.6) is 0 Å². The Morgan fingerprint density at radius 2 is 2.38 bits per heavy atom. The minimum absolute atomic E-state index is 0.492. The van der Waals surface area contributed by atoms with Crippen molar-refractivity contribution in [3.05, 3.63) is 23.2 Å². The van der Waals surface area contributed by atoms with Crippen molar-refractivity contribution in [1.29, 1.82) is 0 Å². The van der Waals surface area contributed by atoms with Crippen molar-refractivity contribution >= 4 is 11.3 Å². The van der Waals surface area contributed by atoms with Crippen LogP contribution in [-0.2, 0) is 6.42 Å². The Kier molecular flexibility index (Phi) is 2.49. The molecule has 0 amide bonds. The lowest BCUT2D eigenvalue weighted by Crippen LogP contribution is -2.43. The van der Waals surface area contributed by atoms with Crippen LogP contribution in [0.25, 0.3) is 10.6 Å². The number of hydrogen-bond acceptors (Lipinski definition) is 4. The molecule has 0 radical (unpaired) electrons. The molecule has 1 saturated heterocycles. The molecule has 0 saturated carbocycles. The van der Waals surface area contributed by atoms with Crippen LogP contribution < -0.4 is 5.32 Å². The zero-order valence-electron chi connectivity index (χ0n) is 9.18. The first-order valence-corrected chi connectivity index (χ1v) is 6.40. The maximum atomic E-state index is 4.23. The molecule has 0 aromatic carbocycles. The molecule has 4 nitrogen and oxygen atoms in total. The average molecular weight is 234 g/mol. The van der Waals surface area contributed by atoms with Gasteiger partial charge in [0, 0.05) is 18.0 Å². The van der Waals surface area contributed by atoms with Crippen LogP contribution in [0, 0.1) is 0 Å². The SMILES string of the molecule is CCc1ccc(-c2cn(C3CNC3)nn2)s1. The third kappa shape index (κ3) is 1.66. The predicted molar refractivity (Wildman–Crippen MR) is 64.6 cm³/mol. The van der Waals surface area contributed by atoms with Gasteiger partial charge >= 0.3 is 0 Å². The molecule has 1 aliphatic rings. The summed E-state index contributed by atoms with van der Waals surface area (Å²) in [7, 11) is 0. The van der Waals surface area contributed by atoms with E-state index in [4.69, 9.17) is 0 Å². The fourth-order valence-electron chi connectivity index (χ4n) is 1.73. The summed E-state index contributed by atoms with van der Waals surface area (Å²) in [6.07, 6.45) is 3.14. The van der Waals surface area contributed by atoms with E-state index in [9.17, 15) is 0 Å². The number of nitrogens with zero attached hydrogens (tertiary/aromatic N) is 3. The highest BCUT2D eigenvalue weighted by atomic mass is 32.1. The summed E-state index contributed by atoms with van der Waals surface area (Å²) < 4.78 is 1.97. The molecule has 2 aromatic rings. The van der Waals surface area contributed by atoms with Gasteiger partial charge in [-0.1, -0.05) is 12.1 Å². The topological polar surface area (TPSA) is 42.7 Å². The maximum Gasteiger partial charge on any atom is 0.123 e. The quantitative estimate of drug-likeness (QED) is 0.879. The third-order valence-electron chi connectivity index (χ3n) is 2.91. The minimum Gasteiger partial charge on any atom is -0.312 e. The number of thiophene rings is 1. The molecule has 16 heavy (non-hydrogen) atoms. The van der Waals surface area contributed by atoms with E-state index in [1.807, 2.05) is 4.68 Å². The third-order valence-corrected chi connectivity index (χ3v) is 4.16. The van der Waals surface area contributed by atoms with Crippen LogP contribution >= 0.6 is 11.3 Å². The van der Waals surface area contributed by atoms with E-state index in [0.717, 1.165) is 25.2 Å². The van der Waals surface area contributed by atoms with Gasteiger partial charge in [-0.25, -0.2) is 4.68 Å². The fraction of sp³-hybridized carbons (Fsp3) is 0.455. The highest BCUT2D eigenvalue weighted by molar-refractivity contribution is 7.15. The predicted octanol–water partition coefficient (Wildman–Crippen LogP) is 1.71. The molecule has 2 aromatic heterocycles. The highest BCUT2D eigenvalue weighted by Gasteiger charge is 2.20. The maximum absolute atomic E-state index is 4.23. The molecule has 5 heteroatoms. The van der Waals surface area contributed by atoms with Gasteiger partial charge < -0.3 is 5.32 Å². The van der Waals surface area contributed by atoms with Gasteiger partial charge in [0.25, 0.3) is 0 Å². The second kappa shape index (κ2) is 3.99. The van der Waals surface area contributed by atoms with Gasteiger partial charge in [0.05, 0.1) is 17.1 Å². The summed E-state index contributed by atoms with van der Waals surface area (Å²) in [5.41, 5.74) is 0.997. The van der Waals surface area contributed by atoms with Gasteiger partial charge in [0.15, 0.2) is 0 Å². The van der Waals surface area contributed by atoms with Gasteiger partial charge in [0.2, 0.25) is 0 Å². The first kappa shape index (κ1) is 9.99. The van der Waals surface area contributed by atoms with Gasteiger partial charge in [-0.15, -0.1) is 16.4 Å². The standard InChI is InChI=1S/C11H14N4S/c1-2-9-3-4-11(16-9)10-7-15(14-13-10)8-5-12-6-8/h3-4,7-8,12H,2,5-6H2,1H3. The fourth-order valence-corrected chi connectivity index (χ4v) is 2.63. The van der Waals surface area contributed by atoms with Crippen molar-refractivity contribution in [1.82, 2.24) is 20.3 Å². The van der Waals surface area contributed by atoms with Crippen molar-refractivity contribution in [3.63, 3.8) is 0 Å². The molecule has 0 bridgehead atoms. The van der Waals surface area contributed by atoms with Crippen LogP contribution in [0.15, 0.2) is 18.3 Å². The molecule has 0 spiro atoms. The van der Waals surface area contributed by atoms with Crippen LogP contribution in [0.3, 0.4) is 0 Å². The minimum atomic E-state index is 0.492. The number of hydrogen-bond donors (Lipinski definition) is 1. The number of aryl methyl sites for hydroxylation is 1. The average Bonchev–Trinajstić information content (AvgIpc) is 2.81. The number of nitrogens with one attached hydrogen (secondary N) is 1. The van der Waals surface area contributed by atoms with E-state index in [-0.39, 0.29) is 0 Å². The number of aromatic nitrogens is 3. The van der Waals surface area contributed by atoms with Crippen molar-refractivity contribution < 1.29 is 0 Å². The molecular weight excluding hydrogens is 220 g/mol. The van der Waals surface area contributed by atoms with Crippen LogP contribution in [-0.4, -0.2) is 28.1 Å². The van der Waals surface area contributed by atoms with E-state index in [1.54, 1.807) is 11.3 Å². The molecule has 0 unspecified atom stereocenters. The van der Waals surface area contributed by atoms with E-state index in [2.05, 4.69) is 40.9 Å². The second-order valence-corrected chi connectivity index (χ2v) is 5.18. The summed E-state index contributed by atoms with van der Waals surface area (Å²) in [6, 6.07) is 4.80. The molecule has 1 fully saturated rings. The Balaban J connectivity index is 1.85. The van der Waals surface area contributed by atoms with Crippen LogP contribution in [0.1, 0.15) is 17.8 Å². The van der Waals surface area contributed by atoms with Crippen LogP contribution in [0.4, 0.5) is 0 Å². The molecule has 1 aliphatic heterocycles. The summed E-state index contributed by atoms with van der Waals surface area (Å²) in [5.74, 6) is 0. The summed E-state index contributed by atoms with van der Waals surface area (Å²) in [5, 5.41) is 11.7. The molecule has 0 aliphatic carbocycles. The largest absolute Gasteiger partial charge is 0.312 e. The zero-order valence-corrected chi connectivity index (χ0v) is 10.00. The smallest absolute Gasteiger partial charge is 0.123 e. The van der Waals surface area contributed by atoms with E-state index in [1.165, 1.54) is 9.75 Å². The van der Waals surface area contributed by atoms with E-state index in [0.29, 0.717) is 6.04 Å². The lowest BCUT2D eigenvalue weighted by atomic mass is 10.2. The Hall–Kier alpha value is -1.20. The summed E-state index contributed by atoms with van der Waals surface area (Å²) >= 11 is 1.81. The van der Waals surface area contributed by atoms with Crippen molar-refractivity contribution in [2.75, 3.05) is 13.1 Å². The molecular formula is C11H14N4S. The summed E-state index contributed by atoms with van der Waals surface area (Å²) in [4.78, 5) is 2.62. The zero-order chi connectivity index (χ0) is 11.0. The van der Waals surface area contributed by atoms with E-state index < -0.39 is 0 Å². The molecule has 0 atom stereocenters. The molecule has 3 heterocycles. The highest BCUT2D eigenvalue weighted by Crippen LogP contribution is 2.27.